The summed E-state index contributed by atoms with van der Waals surface area (Å²) in [4.78, 5) is 23.8. The number of pyridine rings is 1. The van der Waals surface area contributed by atoms with Crippen molar-refractivity contribution in [1.82, 2.24) is 9.71 Å². The number of hydrogen-bond acceptors (Lipinski definition) is 5. The third kappa shape index (κ3) is 3.83. The van der Waals surface area contributed by atoms with Crippen molar-refractivity contribution in [3.8, 4) is 0 Å². The summed E-state index contributed by atoms with van der Waals surface area (Å²) in [5, 5.41) is -0.231. The molecule has 1 heterocycles. The monoisotopic (exact) mass is 294 g/mol. The number of nitrogens with one attached hydrogen (secondary N) is 2. The molecule has 0 saturated heterocycles. The molecule has 0 spiro atoms. The lowest BCUT2D eigenvalue weighted by Crippen LogP contribution is -2.27. The second kappa shape index (κ2) is 5.98. The van der Waals surface area contributed by atoms with E-state index < -0.39 is 21.6 Å². The van der Waals surface area contributed by atoms with Gasteiger partial charge in [0.15, 0.2) is 0 Å². The molecule has 1 rings (SSSR count). The maximum absolute atomic E-state index is 11.7. The molecule has 0 atom stereocenters. The van der Waals surface area contributed by atoms with E-state index in [1.165, 1.54) is 7.11 Å². The number of aromatic amines is 1. The molecule has 2 N–H and O–H groups in total. The highest BCUT2D eigenvalue weighted by atomic mass is 35.5. The lowest BCUT2D eigenvalue weighted by molar-refractivity contribution is -0.140. The van der Waals surface area contributed by atoms with Crippen molar-refractivity contribution >= 4 is 27.6 Å². The summed E-state index contributed by atoms with van der Waals surface area (Å²) >= 11 is 5.52. The van der Waals surface area contributed by atoms with Crippen molar-refractivity contribution in [2.45, 2.75) is 11.3 Å². The third-order valence-electron chi connectivity index (χ3n) is 1.99. The predicted molar refractivity (Wildman–Crippen MR) is 63.9 cm³/mol. The van der Waals surface area contributed by atoms with Crippen LogP contribution in [0.1, 0.15) is 6.42 Å². The summed E-state index contributed by atoms with van der Waals surface area (Å²) in [6.45, 7) is -0.105. The van der Waals surface area contributed by atoms with Gasteiger partial charge in [-0.3, -0.25) is 9.59 Å². The van der Waals surface area contributed by atoms with Gasteiger partial charge in [0, 0.05) is 12.7 Å². The summed E-state index contributed by atoms with van der Waals surface area (Å²) in [6.07, 6.45) is 0.932. The first-order chi connectivity index (χ1) is 8.36. The van der Waals surface area contributed by atoms with Crippen LogP contribution in [-0.4, -0.2) is 33.0 Å². The van der Waals surface area contributed by atoms with Crippen LogP contribution in [0, 0.1) is 0 Å². The van der Waals surface area contributed by atoms with Gasteiger partial charge in [0.05, 0.1) is 18.4 Å². The van der Waals surface area contributed by atoms with E-state index >= 15 is 0 Å². The molecule has 1 aromatic rings. The standard InChI is InChI=1S/C9H11ClN2O5S/c1-17-8(13)2-3-12-18(15,16)6-4-7(10)9(14)11-5-6/h4-5,12H,2-3H2,1H3,(H,11,14). The van der Waals surface area contributed by atoms with Gasteiger partial charge in [0.1, 0.15) is 5.02 Å². The molecule has 0 fully saturated rings. The van der Waals surface area contributed by atoms with Gasteiger partial charge in [-0.25, -0.2) is 13.1 Å². The van der Waals surface area contributed by atoms with E-state index in [-0.39, 0.29) is 22.9 Å². The van der Waals surface area contributed by atoms with Gasteiger partial charge in [-0.15, -0.1) is 0 Å². The van der Waals surface area contributed by atoms with E-state index in [1.54, 1.807) is 0 Å². The van der Waals surface area contributed by atoms with Crippen LogP contribution in [0.4, 0.5) is 0 Å². The van der Waals surface area contributed by atoms with Crippen molar-refractivity contribution in [3.63, 3.8) is 0 Å². The maximum Gasteiger partial charge on any atom is 0.306 e. The zero-order chi connectivity index (χ0) is 13.8. The summed E-state index contributed by atoms with van der Waals surface area (Å²) < 4.78 is 30.0. The number of halogens is 1. The molecular formula is C9H11ClN2O5S. The number of rotatable bonds is 5. The molecule has 0 radical (unpaired) electrons. The Morgan fingerprint density at radius 2 is 2.22 bits per heavy atom. The Kier molecular flexibility index (Phi) is 4.88. The van der Waals surface area contributed by atoms with Crippen LogP contribution in [0.25, 0.3) is 0 Å². The molecule has 0 bridgehead atoms. The van der Waals surface area contributed by atoms with Crippen molar-refractivity contribution in [3.05, 3.63) is 27.6 Å². The number of methoxy groups -OCH3 is 1. The zero-order valence-electron chi connectivity index (χ0n) is 9.40. The largest absolute Gasteiger partial charge is 0.469 e. The van der Waals surface area contributed by atoms with Crippen LogP contribution in [0.5, 0.6) is 0 Å². The van der Waals surface area contributed by atoms with Gasteiger partial charge in [-0.1, -0.05) is 11.6 Å². The number of aromatic nitrogens is 1. The van der Waals surface area contributed by atoms with Gasteiger partial charge < -0.3 is 9.72 Å². The number of carbonyl (C=O) groups is 1. The third-order valence-corrected chi connectivity index (χ3v) is 3.71. The SMILES string of the molecule is COC(=O)CCNS(=O)(=O)c1c[nH]c(=O)c(Cl)c1. The summed E-state index contributed by atoms with van der Waals surface area (Å²) in [7, 11) is -2.61. The molecule has 0 aliphatic heterocycles. The minimum atomic E-state index is -3.82. The van der Waals surface area contributed by atoms with E-state index in [1.807, 2.05) is 0 Å². The summed E-state index contributed by atoms with van der Waals surface area (Å²) in [6, 6.07) is 1.03. The van der Waals surface area contributed by atoms with Crippen LogP contribution < -0.4 is 10.3 Å². The van der Waals surface area contributed by atoms with Crippen LogP contribution in [0.3, 0.4) is 0 Å². The topological polar surface area (TPSA) is 105 Å². The van der Waals surface area contributed by atoms with E-state index in [0.29, 0.717) is 0 Å². The fraction of sp³-hybridized carbons (Fsp3) is 0.333. The van der Waals surface area contributed by atoms with Gasteiger partial charge in [0.2, 0.25) is 10.0 Å². The number of sulfonamides is 1. The van der Waals surface area contributed by atoms with Crippen molar-refractivity contribution in [1.29, 1.82) is 0 Å². The average molecular weight is 295 g/mol. The van der Waals surface area contributed by atoms with Gasteiger partial charge in [-0.2, -0.15) is 0 Å². The zero-order valence-corrected chi connectivity index (χ0v) is 11.0. The number of H-pyrrole nitrogens is 1. The maximum atomic E-state index is 11.7. The highest BCUT2D eigenvalue weighted by Gasteiger charge is 2.15. The summed E-state index contributed by atoms with van der Waals surface area (Å²) in [5.74, 6) is -0.530. The van der Waals surface area contributed by atoms with Crippen LogP contribution in [0.15, 0.2) is 22.0 Å². The number of hydrogen-bond donors (Lipinski definition) is 2. The first-order valence-electron chi connectivity index (χ1n) is 4.81. The minimum absolute atomic E-state index is 0.0905. The molecule has 0 saturated carbocycles. The first kappa shape index (κ1) is 14.7. The van der Waals surface area contributed by atoms with Gasteiger partial charge in [0.25, 0.3) is 5.56 Å². The van der Waals surface area contributed by atoms with E-state index in [2.05, 4.69) is 14.4 Å². The molecule has 0 unspecified atom stereocenters. The Morgan fingerprint density at radius 3 is 2.78 bits per heavy atom. The molecule has 7 nitrogen and oxygen atoms in total. The Morgan fingerprint density at radius 1 is 1.56 bits per heavy atom. The Hall–Kier alpha value is -1.38. The Labute approximate surface area is 108 Å². The minimum Gasteiger partial charge on any atom is -0.469 e. The van der Waals surface area contributed by atoms with Gasteiger partial charge >= 0.3 is 5.97 Å². The molecule has 1 aromatic heterocycles. The van der Waals surface area contributed by atoms with Crippen LogP contribution in [0.2, 0.25) is 5.02 Å². The Bertz CT molecular complexity index is 595. The number of ether oxygens (including phenoxy) is 1. The van der Waals surface area contributed by atoms with E-state index in [0.717, 1.165) is 12.3 Å². The molecule has 18 heavy (non-hydrogen) atoms. The fourth-order valence-corrected chi connectivity index (χ4v) is 2.33. The molecule has 0 aromatic carbocycles. The second-order valence-electron chi connectivity index (χ2n) is 3.24. The van der Waals surface area contributed by atoms with Crippen LogP contribution in [-0.2, 0) is 19.6 Å². The lowest BCUT2D eigenvalue weighted by Gasteiger charge is -2.05. The molecule has 9 heteroatoms. The summed E-state index contributed by atoms with van der Waals surface area (Å²) in [5.41, 5.74) is -0.579. The second-order valence-corrected chi connectivity index (χ2v) is 5.41. The molecule has 0 aliphatic carbocycles. The normalized spacial score (nSPS) is 11.2. The molecular weight excluding hydrogens is 284 g/mol. The lowest BCUT2D eigenvalue weighted by atomic mass is 10.4. The van der Waals surface area contributed by atoms with Crippen molar-refractivity contribution in [2.75, 3.05) is 13.7 Å². The van der Waals surface area contributed by atoms with Gasteiger partial charge in [-0.05, 0) is 6.07 Å². The predicted octanol–water partition coefficient (Wildman–Crippen LogP) is -0.130. The smallest absolute Gasteiger partial charge is 0.306 e. The molecule has 0 amide bonds. The molecule has 0 aliphatic rings. The number of carbonyl (C=O) groups excluding carboxylic acids is 1. The average Bonchev–Trinajstić information content (AvgIpc) is 2.32. The fourth-order valence-electron chi connectivity index (χ4n) is 1.07. The number of esters is 1. The van der Waals surface area contributed by atoms with E-state index in [9.17, 15) is 18.0 Å². The Balaban J connectivity index is 2.77. The quantitative estimate of drug-likeness (QED) is 0.736. The highest BCUT2D eigenvalue weighted by molar-refractivity contribution is 7.89. The molecule has 100 valence electrons. The van der Waals surface area contributed by atoms with Crippen LogP contribution >= 0.6 is 11.6 Å². The first-order valence-corrected chi connectivity index (χ1v) is 6.67. The van der Waals surface area contributed by atoms with Crippen molar-refractivity contribution in [2.24, 2.45) is 0 Å². The van der Waals surface area contributed by atoms with Crippen molar-refractivity contribution < 1.29 is 17.9 Å². The van der Waals surface area contributed by atoms with E-state index in [4.69, 9.17) is 11.6 Å². The highest BCUT2D eigenvalue weighted by Crippen LogP contribution is 2.10.